The lowest BCUT2D eigenvalue weighted by molar-refractivity contribution is -0.401. The van der Waals surface area contributed by atoms with Gasteiger partial charge in [0.25, 0.3) is 0 Å². The van der Waals surface area contributed by atoms with Gasteiger partial charge in [-0.2, -0.15) is 0 Å². The summed E-state index contributed by atoms with van der Waals surface area (Å²) in [6.45, 7) is -7.25. The van der Waals surface area contributed by atoms with E-state index < -0.39 is 261 Å². The van der Waals surface area contributed by atoms with Crippen molar-refractivity contribution in [2.24, 2.45) is 0 Å². The minimum absolute atomic E-state index is 0.922. The second-order valence-electron chi connectivity index (χ2n) is 19.8. The van der Waals surface area contributed by atoms with Gasteiger partial charge in [-0.1, -0.05) is 0 Å². The molecule has 21 rings (SSSR count). The summed E-state index contributed by atoms with van der Waals surface area (Å²) in [4.78, 5) is 4.21. The van der Waals surface area contributed by atoms with Crippen molar-refractivity contribution < 1.29 is 179 Å². The molecule has 78 heavy (non-hydrogen) atoms. The van der Waals surface area contributed by atoms with Crippen LogP contribution in [0.3, 0.4) is 0 Å². The number of hydrogen-bond donors (Lipinski definition) is 21. The minimum Gasteiger partial charge on any atom is -0.394 e. The number of aliphatic hydroxyl groups is 20. The third kappa shape index (κ3) is 12.2. The van der Waals surface area contributed by atoms with Gasteiger partial charge in [-0.05, 0) is 0 Å². The lowest BCUT2D eigenvalue weighted by atomic mass is 9.95. The van der Waals surface area contributed by atoms with Crippen LogP contribution in [0.25, 0.3) is 0 Å². The number of rotatable bonds is 8. The Kier molecular flexibility index (Phi) is 21.4. The molecular weight excluding hydrogens is 1080 g/mol. The van der Waals surface area contributed by atoms with Crippen molar-refractivity contribution in [3.63, 3.8) is 0 Å². The van der Waals surface area contributed by atoms with Gasteiger partial charge in [0.1, 0.15) is 178 Å². The summed E-state index contributed by atoms with van der Waals surface area (Å²) >= 11 is 0. The van der Waals surface area contributed by atoms with E-state index in [-0.39, 0.29) is 0 Å². The molecule has 35 atom stereocenters. The first-order valence-corrected chi connectivity index (χ1v) is 24.8. The molecule has 0 aromatic heterocycles. The highest BCUT2D eigenvalue weighted by Gasteiger charge is 2.59. The molecule has 0 unspecified atom stereocenters. The second-order valence-corrected chi connectivity index (χ2v) is 19.8. The zero-order valence-electron chi connectivity index (χ0n) is 40.7. The normalized spacial score (nSPS) is 54.8. The van der Waals surface area contributed by atoms with Crippen LogP contribution in [0.15, 0.2) is 0 Å². The maximum atomic E-state index is 11.4. The summed E-state index contributed by atoms with van der Waals surface area (Å²) in [5.41, 5.74) is 0. The topological polar surface area (TPSA) is 563 Å². The summed E-state index contributed by atoms with van der Waals surface area (Å²) in [5, 5.41) is 230. The van der Waals surface area contributed by atoms with Crippen LogP contribution in [0.1, 0.15) is 0 Å². The fraction of sp³-hybridized carbons (Fsp3) is 1.00. The molecular formula is C42H70O36. The van der Waals surface area contributed by atoms with E-state index >= 15 is 0 Å². The molecule has 0 aromatic carbocycles. The van der Waals surface area contributed by atoms with Gasteiger partial charge < -0.3 is 168 Å². The van der Waals surface area contributed by atoms with E-state index in [1.165, 1.54) is 0 Å². The smallest absolute Gasteiger partial charge is 0.187 e. The number of aliphatic hydroxyl groups excluding tert-OH is 20. The summed E-state index contributed by atoms with van der Waals surface area (Å²) in [6, 6.07) is 0. The third-order valence-electron chi connectivity index (χ3n) is 14.8. The Bertz CT molecular complexity index is 1830. The lowest BCUT2D eigenvalue weighted by Crippen LogP contribution is -2.68. The SMILES string of the molecule is OC[C@H]1O[C@@H]2O[C@H]3[C@H](O)[C@@H](O)[C@@H](O[C@H]4[C@H](O)[C@@H](O)[C@H](O[C@H]5[C@H](O)[C@@H](O)[C@@H](O[C@H]6[C@H](O)[C@@H](O)[C@@H](O[C@H]7[C@H](O)[C@@H](O)[C@@H](O[C@H]8[C@H](O)[C@@H](O)[C@@H](O[C@H]1[C@H](O)[C@@H]2O)O[C@@H]8CO)O[C@@H]7CO)O[C@@H]6COO)O[C@@H]5CO)O[C@@H]4CO)O[C@@H]3CO. The van der Waals surface area contributed by atoms with Crippen LogP contribution in [0.4, 0.5) is 0 Å². The fourth-order valence-corrected chi connectivity index (χ4v) is 10.5. The monoisotopic (exact) mass is 1150 g/mol. The van der Waals surface area contributed by atoms with Gasteiger partial charge in [0, 0.05) is 0 Å². The molecule has 21 N–H and O–H groups in total. The maximum Gasteiger partial charge on any atom is 0.187 e. The molecule has 36 heteroatoms. The van der Waals surface area contributed by atoms with E-state index in [2.05, 4.69) is 4.89 Å². The van der Waals surface area contributed by atoms with Gasteiger partial charge in [0.2, 0.25) is 0 Å². The molecule has 0 radical (unpaired) electrons. The highest BCUT2D eigenvalue weighted by molar-refractivity contribution is 5.01. The van der Waals surface area contributed by atoms with Crippen molar-refractivity contribution in [3.05, 3.63) is 0 Å². The molecule has 0 amide bonds. The fourth-order valence-electron chi connectivity index (χ4n) is 10.5. The van der Waals surface area contributed by atoms with Gasteiger partial charge >= 0.3 is 0 Å². The van der Waals surface area contributed by atoms with Crippen molar-refractivity contribution >= 4 is 0 Å². The van der Waals surface area contributed by atoms with Crippen LogP contribution < -0.4 is 0 Å². The van der Waals surface area contributed by atoms with Crippen LogP contribution in [0, 0.1) is 0 Å². The first kappa shape index (κ1) is 62.6. The van der Waals surface area contributed by atoms with Gasteiger partial charge in [0.15, 0.2) is 44.0 Å². The van der Waals surface area contributed by atoms with E-state index in [1.54, 1.807) is 0 Å². The molecule has 14 bridgehead atoms. The molecule has 0 spiro atoms. The Labute approximate surface area is 439 Å². The molecule has 21 aliphatic heterocycles. The standard InChI is InChI=1S/C42H70O36/c43-1-8-29-16(50)23(57)37(66-8)74-31-10(3-45)68-39(25(59)18(31)52)76-33-12(5-47)70-41(27(61)20(33)54)78-35-14(7-64-63)71-42(28(62)21(35)55)77-34-13(6-48)69-40(26(60)19(34)53)75-32-11(4-46)67-38(24(58)17(32)51)73-30-9(2-44)65-36(72-29)22(56)15(30)49/h8-63H,1-7H2/t8-,9-,10-,11-,12-,13-,14-,15-,16-,17-,18-,19-,20-,21-,22+,23-,24-,25-,26-,27-,28-,29-,30-,31-,32-,33-,34-,35-,36-,37-,38-,39+,40-,41-,42-/m1/s1. The first-order chi connectivity index (χ1) is 37.2. The molecule has 21 aliphatic rings. The van der Waals surface area contributed by atoms with Crippen molar-refractivity contribution in [1.29, 1.82) is 0 Å². The van der Waals surface area contributed by atoms with Gasteiger partial charge in [-0.25, -0.2) is 4.89 Å². The average Bonchev–Trinajstić information content (AvgIpc) is 3.46. The van der Waals surface area contributed by atoms with E-state index in [0.717, 1.165) is 0 Å². The summed E-state index contributed by atoms with van der Waals surface area (Å²) in [6.07, 6.45) is -70.7. The predicted molar refractivity (Wildman–Crippen MR) is 230 cm³/mol. The molecule has 21 heterocycles. The Morgan fingerprint density at radius 3 is 0.487 bits per heavy atom. The number of ether oxygens (including phenoxy) is 14. The highest BCUT2D eigenvalue weighted by atomic mass is 17.1. The highest BCUT2D eigenvalue weighted by Crippen LogP contribution is 2.39. The molecule has 0 aromatic rings. The second kappa shape index (κ2) is 26.6. The first-order valence-electron chi connectivity index (χ1n) is 24.8. The molecule has 0 saturated carbocycles. The van der Waals surface area contributed by atoms with E-state index in [9.17, 15) is 107 Å². The minimum atomic E-state index is -2.23. The van der Waals surface area contributed by atoms with Crippen LogP contribution >= 0.6 is 0 Å². The van der Waals surface area contributed by atoms with E-state index in [4.69, 9.17) is 66.3 Å². The zero-order valence-corrected chi connectivity index (χ0v) is 40.7. The van der Waals surface area contributed by atoms with E-state index in [0.29, 0.717) is 0 Å². The van der Waals surface area contributed by atoms with Crippen molar-refractivity contribution in [3.8, 4) is 0 Å². The van der Waals surface area contributed by atoms with Gasteiger partial charge in [0.05, 0.1) is 39.6 Å². The molecule has 454 valence electrons. The summed E-state index contributed by atoms with van der Waals surface area (Å²) < 4.78 is 79.6. The molecule has 0 aliphatic carbocycles. The van der Waals surface area contributed by atoms with Crippen molar-refractivity contribution in [2.45, 2.75) is 215 Å². The largest absolute Gasteiger partial charge is 0.394 e. The lowest BCUT2D eigenvalue weighted by Gasteiger charge is -2.50. The Morgan fingerprint density at radius 2 is 0.346 bits per heavy atom. The zero-order chi connectivity index (χ0) is 56.8. The molecule has 21 fully saturated rings. The van der Waals surface area contributed by atoms with Crippen molar-refractivity contribution in [1.82, 2.24) is 0 Å². The van der Waals surface area contributed by atoms with E-state index in [1.807, 2.05) is 0 Å². The Hall–Kier alpha value is -1.44. The van der Waals surface area contributed by atoms with Gasteiger partial charge in [-0.3, -0.25) is 5.26 Å². The third-order valence-corrected chi connectivity index (χ3v) is 14.8. The van der Waals surface area contributed by atoms with Gasteiger partial charge in [-0.15, -0.1) is 0 Å². The average molecular weight is 1150 g/mol. The predicted octanol–water partition coefficient (Wildman–Crippen LogP) is -14.7. The quantitative estimate of drug-likeness (QED) is 0.0793. The maximum absolute atomic E-state index is 11.4. The van der Waals surface area contributed by atoms with Crippen LogP contribution in [0.2, 0.25) is 0 Å². The Morgan fingerprint density at radius 1 is 0.205 bits per heavy atom. The summed E-state index contributed by atoms with van der Waals surface area (Å²) in [5.74, 6) is 0. The van der Waals surface area contributed by atoms with Crippen LogP contribution in [0.5, 0.6) is 0 Å². The molecule has 36 nitrogen and oxygen atoms in total. The van der Waals surface area contributed by atoms with Crippen molar-refractivity contribution in [2.75, 3.05) is 46.2 Å². The van der Waals surface area contributed by atoms with Crippen LogP contribution in [-0.2, 0) is 71.2 Å². The summed E-state index contributed by atoms with van der Waals surface area (Å²) in [7, 11) is 0. The Balaban J connectivity index is 1.08. The number of hydrogen-bond acceptors (Lipinski definition) is 36. The van der Waals surface area contributed by atoms with Crippen LogP contribution in [-0.4, -0.2) is 369 Å². The molecule has 21 saturated heterocycles.